The van der Waals surface area contributed by atoms with Crippen LogP contribution in [0.4, 0.5) is 0 Å². The maximum atomic E-state index is 12.5. The molecule has 0 bridgehead atoms. The molecule has 1 saturated heterocycles. The van der Waals surface area contributed by atoms with Gasteiger partial charge in [-0.25, -0.2) is 0 Å². The van der Waals surface area contributed by atoms with E-state index >= 15 is 0 Å². The third-order valence-corrected chi connectivity index (χ3v) is 3.59. The molecule has 1 aliphatic rings. The predicted molar refractivity (Wildman–Crippen MR) is 68.7 cm³/mol. The Morgan fingerprint density at radius 1 is 1.42 bits per heavy atom. The first-order valence-electron chi connectivity index (χ1n) is 6.43. The van der Waals surface area contributed by atoms with Crippen LogP contribution in [-0.4, -0.2) is 47.2 Å². The third kappa shape index (κ3) is 2.62. The molecule has 0 unspecified atom stereocenters. The Hall–Kier alpha value is -1.85. The van der Waals surface area contributed by atoms with Gasteiger partial charge in [-0.3, -0.25) is 14.7 Å². The van der Waals surface area contributed by atoms with Crippen molar-refractivity contribution in [2.45, 2.75) is 26.7 Å². The van der Waals surface area contributed by atoms with Crippen molar-refractivity contribution >= 4 is 11.9 Å². The van der Waals surface area contributed by atoms with Gasteiger partial charge in [-0.15, -0.1) is 0 Å². The number of aromatic amines is 1. The molecular formula is C13H19N3O3. The van der Waals surface area contributed by atoms with Crippen molar-refractivity contribution < 1.29 is 14.3 Å². The average Bonchev–Trinajstić information content (AvgIpc) is 2.76. The van der Waals surface area contributed by atoms with Crippen LogP contribution in [0.2, 0.25) is 0 Å². The number of amides is 1. The molecule has 0 radical (unpaired) electrons. The Bertz CT molecular complexity index is 476. The molecule has 1 N–H and O–H groups in total. The molecule has 1 atom stereocenters. The summed E-state index contributed by atoms with van der Waals surface area (Å²) in [6.07, 6.45) is 1.60. The largest absolute Gasteiger partial charge is 0.469 e. The van der Waals surface area contributed by atoms with Crippen molar-refractivity contribution in [1.29, 1.82) is 0 Å². The van der Waals surface area contributed by atoms with Gasteiger partial charge in [0.1, 0.15) is 0 Å². The molecule has 0 aromatic carbocycles. The number of hydrogen-bond donors (Lipinski definition) is 1. The molecule has 0 saturated carbocycles. The summed E-state index contributed by atoms with van der Waals surface area (Å²) >= 11 is 0. The first-order valence-corrected chi connectivity index (χ1v) is 6.43. The van der Waals surface area contributed by atoms with Gasteiger partial charge in [0.25, 0.3) is 5.91 Å². The monoisotopic (exact) mass is 265 g/mol. The van der Waals surface area contributed by atoms with E-state index in [1.54, 1.807) is 11.8 Å². The number of H-pyrrole nitrogens is 1. The summed E-state index contributed by atoms with van der Waals surface area (Å²) in [4.78, 5) is 25.8. The summed E-state index contributed by atoms with van der Waals surface area (Å²) < 4.78 is 4.76. The van der Waals surface area contributed by atoms with Gasteiger partial charge in [-0.05, 0) is 26.7 Å². The standard InChI is InChI=1S/C13H19N3O3/c1-8-11(9(2)15-14-8)12(17)16-6-4-5-10(7-16)13(18)19-3/h10H,4-7H2,1-3H3,(H,14,15)/t10-/m0/s1. The number of aromatic nitrogens is 2. The highest BCUT2D eigenvalue weighted by Gasteiger charge is 2.31. The molecule has 1 aliphatic heterocycles. The predicted octanol–water partition coefficient (Wildman–Crippen LogP) is 1.05. The van der Waals surface area contributed by atoms with E-state index in [0.717, 1.165) is 18.5 Å². The minimum Gasteiger partial charge on any atom is -0.469 e. The summed E-state index contributed by atoms with van der Waals surface area (Å²) in [6.45, 7) is 4.74. The van der Waals surface area contributed by atoms with Gasteiger partial charge in [0.15, 0.2) is 0 Å². The SMILES string of the molecule is COC(=O)[C@H]1CCCN(C(=O)c2c(C)n[nH]c2C)C1. The van der Waals surface area contributed by atoms with E-state index < -0.39 is 0 Å². The molecule has 1 aromatic rings. The van der Waals surface area contributed by atoms with E-state index in [-0.39, 0.29) is 17.8 Å². The zero-order valence-electron chi connectivity index (χ0n) is 11.5. The van der Waals surface area contributed by atoms with Crippen molar-refractivity contribution in [3.8, 4) is 0 Å². The van der Waals surface area contributed by atoms with Crippen molar-refractivity contribution in [1.82, 2.24) is 15.1 Å². The number of nitrogens with zero attached hydrogens (tertiary/aromatic N) is 2. The summed E-state index contributed by atoms with van der Waals surface area (Å²) in [5, 5.41) is 6.85. The van der Waals surface area contributed by atoms with Gasteiger partial charge in [0.2, 0.25) is 0 Å². The number of methoxy groups -OCH3 is 1. The molecule has 2 rings (SSSR count). The van der Waals surface area contributed by atoms with Crippen LogP contribution >= 0.6 is 0 Å². The highest BCUT2D eigenvalue weighted by molar-refractivity contribution is 5.96. The molecule has 6 nitrogen and oxygen atoms in total. The number of aryl methyl sites for hydroxylation is 2. The summed E-state index contributed by atoms with van der Waals surface area (Å²) in [7, 11) is 1.38. The van der Waals surface area contributed by atoms with Gasteiger partial charge >= 0.3 is 5.97 Å². The number of piperidine rings is 1. The smallest absolute Gasteiger partial charge is 0.310 e. The second-order valence-corrected chi connectivity index (χ2v) is 4.92. The lowest BCUT2D eigenvalue weighted by Gasteiger charge is -2.31. The Kier molecular flexibility index (Phi) is 3.87. The van der Waals surface area contributed by atoms with Crippen LogP contribution in [0.5, 0.6) is 0 Å². The lowest BCUT2D eigenvalue weighted by molar-refractivity contribution is -0.146. The first-order chi connectivity index (χ1) is 9.04. The fourth-order valence-corrected chi connectivity index (χ4v) is 2.54. The molecule has 1 aromatic heterocycles. The number of carbonyl (C=O) groups excluding carboxylic acids is 2. The molecular weight excluding hydrogens is 246 g/mol. The van der Waals surface area contributed by atoms with Crippen molar-refractivity contribution in [2.75, 3.05) is 20.2 Å². The van der Waals surface area contributed by atoms with E-state index in [0.29, 0.717) is 24.3 Å². The highest BCUT2D eigenvalue weighted by Crippen LogP contribution is 2.21. The van der Waals surface area contributed by atoms with Crippen molar-refractivity contribution in [3.63, 3.8) is 0 Å². The second-order valence-electron chi connectivity index (χ2n) is 4.92. The Balaban J connectivity index is 2.14. The van der Waals surface area contributed by atoms with Crippen LogP contribution in [-0.2, 0) is 9.53 Å². The van der Waals surface area contributed by atoms with Gasteiger partial charge in [0, 0.05) is 18.8 Å². The number of nitrogens with one attached hydrogen (secondary N) is 1. The van der Waals surface area contributed by atoms with Crippen LogP contribution < -0.4 is 0 Å². The van der Waals surface area contributed by atoms with Crippen LogP contribution in [0.1, 0.15) is 34.6 Å². The zero-order valence-corrected chi connectivity index (χ0v) is 11.5. The van der Waals surface area contributed by atoms with Crippen LogP contribution in [0.25, 0.3) is 0 Å². The summed E-state index contributed by atoms with van der Waals surface area (Å²) in [5.74, 6) is -0.509. The normalized spacial score (nSPS) is 19.3. The molecule has 19 heavy (non-hydrogen) atoms. The van der Waals surface area contributed by atoms with E-state index in [4.69, 9.17) is 4.74 Å². The lowest BCUT2D eigenvalue weighted by Crippen LogP contribution is -2.42. The second kappa shape index (κ2) is 5.42. The number of likely N-dealkylation sites (tertiary alicyclic amines) is 1. The molecule has 2 heterocycles. The van der Waals surface area contributed by atoms with Crippen LogP contribution in [0.15, 0.2) is 0 Å². The highest BCUT2D eigenvalue weighted by atomic mass is 16.5. The average molecular weight is 265 g/mol. The van der Waals surface area contributed by atoms with Gasteiger partial charge < -0.3 is 9.64 Å². The minimum atomic E-state index is -0.238. The number of rotatable bonds is 2. The number of ether oxygens (including phenoxy) is 1. The van der Waals surface area contributed by atoms with E-state index in [1.165, 1.54) is 7.11 Å². The maximum absolute atomic E-state index is 12.5. The van der Waals surface area contributed by atoms with Crippen LogP contribution in [0.3, 0.4) is 0 Å². The van der Waals surface area contributed by atoms with E-state index in [1.807, 2.05) is 6.92 Å². The van der Waals surface area contributed by atoms with Crippen molar-refractivity contribution in [3.05, 3.63) is 17.0 Å². The van der Waals surface area contributed by atoms with Crippen LogP contribution in [0, 0.1) is 19.8 Å². The Labute approximate surface area is 112 Å². The summed E-state index contributed by atoms with van der Waals surface area (Å²) in [6, 6.07) is 0. The molecule has 1 fully saturated rings. The zero-order chi connectivity index (χ0) is 14.0. The number of hydrogen-bond acceptors (Lipinski definition) is 4. The quantitative estimate of drug-likeness (QED) is 0.811. The fraction of sp³-hybridized carbons (Fsp3) is 0.615. The maximum Gasteiger partial charge on any atom is 0.310 e. The number of carbonyl (C=O) groups is 2. The lowest BCUT2D eigenvalue weighted by atomic mass is 9.97. The Morgan fingerprint density at radius 2 is 2.16 bits per heavy atom. The van der Waals surface area contributed by atoms with Gasteiger partial charge in [-0.1, -0.05) is 0 Å². The molecule has 0 aliphatic carbocycles. The fourth-order valence-electron chi connectivity index (χ4n) is 2.54. The van der Waals surface area contributed by atoms with Gasteiger partial charge in [-0.2, -0.15) is 5.10 Å². The number of esters is 1. The third-order valence-electron chi connectivity index (χ3n) is 3.59. The topological polar surface area (TPSA) is 75.3 Å². The molecule has 6 heteroatoms. The summed E-state index contributed by atoms with van der Waals surface area (Å²) in [5.41, 5.74) is 2.08. The Morgan fingerprint density at radius 3 is 2.74 bits per heavy atom. The molecule has 1 amide bonds. The minimum absolute atomic E-state index is 0.0580. The van der Waals surface area contributed by atoms with Crippen molar-refractivity contribution in [2.24, 2.45) is 5.92 Å². The van der Waals surface area contributed by atoms with Gasteiger partial charge in [0.05, 0.1) is 24.3 Å². The van der Waals surface area contributed by atoms with E-state index in [9.17, 15) is 9.59 Å². The molecule has 104 valence electrons. The van der Waals surface area contributed by atoms with E-state index in [2.05, 4.69) is 10.2 Å². The first kappa shape index (κ1) is 13.6. The molecule has 0 spiro atoms.